The fraction of sp³-hybridized carbons (Fsp3) is 0.0556. The van der Waals surface area contributed by atoms with Crippen molar-refractivity contribution in [3.05, 3.63) is 70.9 Å². The van der Waals surface area contributed by atoms with Crippen LogP contribution in [0.5, 0.6) is 0 Å². The van der Waals surface area contributed by atoms with Gasteiger partial charge in [0.25, 0.3) is 0 Å². The van der Waals surface area contributed by atoms with Crippen LogP contribution in [0.2, 0.25) is 5.02 Å². The standard InChI is InChI=1S/C18H12ClN3OS2/c19-14-8-6-12(7-9-14)15-10-24-18(20-15)25-11-16-21-17(22-23-16)13-4-2-1-3-5-13/h1-10H,11H2. The van der Waals surface area contributed by atoms with Crippen LogP contribution in [0, 0.1) is 0 Å². The average molecular weight is 386 g/mol. The number of hydrogen-bond donors (Lipinski definition) is 0. The predicted octanol–water partition coefficient (Wildman–Crippen LogP) is 5.81. The van der Waals surface area contributed by atoms with E-state index in [0.29, 0.717) is 17.5 Å². The number of halogens is 1. The number of nitrogens with zero attached hydrogens (tertiary/aromatic N) is 3. The molecule has 0 unspecified atom stereocenters. The van der Waals surface area contributed by atoms with E-state index in [1.54, 1.807) is 23.1 Å². The lowest BCUT2D eigenvalue weighted by atomic mass is 10.2. The Morgan fingerprint density at radius 1 is 0.960 bits per heavy atom. The van der Waals surface area contributed by atoms with Crippen LogP contribution in [0.1, 0.15) is 5.89 Å². The minimum Gasteiger partial charge on any atom is -0.338 e. The van der Waals surface area contributed by atoms with Gasteiger partial charge in [-0.1, -0.05) is 71.0 Å². The minimum absolute atomic E-state index is 0.590. The molecule has 0 aliphatic heterocycles. The second-order valence-corrected chi connectivity index (χ2v) is 7.69. The summed E-state index contributed by atoms with van der Waals surface area (Å²) in [6, 6.07) is 17.5. The molecule has 0 fully saturated rings. The smallest absolute Gasteiger partial charge is 0.237 e. The molecular weight excluding hydrogens is 374 g/mol. The van der Waals surface area contributed by atoms with Gasteiger partial charge in [0.15, 0.2) is 4.34 Å². The quantitative estimate of drug-likeness (QED) is 0.406. The molecule has 0 N–H and O–H groups in total. The zero-order valence-corrected chi connectivity index (χ0v) is 15.3. The molecule has 0 bridgehead atoms. The molecule has 124 valence electrons. The molecule has 7 heteroatoms. The summed E-state index contributed by atoms with van der Waals surface area (Å²) in [5.74, 6) is 1.79. The van der Waals surface area contributed by atoms with Crippen LogP contribution in [0.4, 0.5) is 0 Å². The molecule has 4 rings (SSSR count). The summed E-state index contributed by atoms with van der Waals surface area (Å²) >= 11 is 9.11. The van der Waals surface area contributed by atoms with Gasteiger partial charge < -0.3 is 4.52 Å². The first kappa shape index (κ1) is 16.3. The molecule has 2 heterocycles. The highest BCUT2D eigenvalue weighted by Crippen LogP contribution is 2.30. The Balaban J connectivity index is 1.42. The molecule has 25 heavy (non-hydrogen) atoms. The van der Waals surface area contributed by atoms with Gasteiger partial charge >= 0.3 is 0 Å². The van der Waals surface area contributed by atoms with Crippen LogP contribution in [0.15, 0.2) is 68.8 Å². The zero-order chi connectivity index (χ0) is 17.1. The summed E-state index contributed by atoms with van der Waals surface area (Å²) < 4.78 is 6.29. The van der Waals surface area contributed by atoms with Crippen LogP contribution in [-0.2, 0) is 5.75 Å². The first-order valence-electron chi connectivity index (χ1n) is 7.50. The number of rotatable bonds is 5. The molecule has 0 radical (unpaired) electrons. The second-order valence-electron chi connectivity index (χ2n) is 5.17. The van der Waals surface area contributed by atoms with Crippen LogP contribution < -0.4 is 0 Å². The van der Waals surface area contributed by atoms with Gasteiger partial charge in [-0.25, -0.2) is 4.98 Å². The Kier molecular flexibility index (Phi) is 4.83. The summed E-state index contributed by atoms with van der Waals surface area (Å²) in [6.45, 7) is 0. The third-order valence-electron chi connectivity index (χ3n) is 3.44. The molecule has 0 aliphatic rings. The van der Waals surface area contributed by atoms with E-state index < -0.39 is 0 Å². The number of aromatic nitrogens is 3. The Morgan fingerprint density at radius 2 is 1.76 bits per heavy atom. The molecule has 0 saturated carbocycles. The highest BCUT2D eigenvalue weighted by Gasteiger charge is 2.11. The fourth-order valence-electron chi connectivity index (χ4n) is 2.22. The fourth-order valence-corrected chi connectivity index (χ4v) is 4.02. The van der Waals surface area contributed by atoms with Gasteiger partial charge in [-0.05, 0) is 12.1 Å². The Labute approximate surface area is 157 Å². The first-order chi connectivity index (χ1) is 12.3. The van der Waals surface area contributed by atoms with Crippen molar-refractivity contribution < 1.29 is 4.52 Å². The van der Waals surface area contributed by atoms with E-state index >= 15 is 0 Å². The highest BCUT2D eigenvalue weighted by molar-refractivity contribution is 8.00. The molecule has 2 aromatic heterocycles. The topological polar surface area (TPSA) is 51.8 Å². The number of thiazole rings is 1. The normalized spacial score (nSPS) is 10.9. The van der Waals surface area contributed by atoms with Gasteiger partial charge in [0.1, 0.15) is 0 Å². The van der Waals surface area contributed by atoms with Crippen LogP contribution in [0.25, 0.3) is 22.6 Å². The van der Waals surface area contributed by atoms with Crippen LogP contribution >= 0.6 is 34.7 Å². The summed E-state index contributed by atoms with van der Waals surface area (Å²) in [4.78, 5) is 9.07. The van der Waals surface area contributed by atoms with Crippen molar-refractivity contribution >= 4 is 34.7 Å². The third kappa shape index (κ3) is 3.92. The third-order valence-corrected chi connectivity index (χ3v) is 5.70. The van der Waals surface area contributed by atoms with Crippen LogP contribution in [0.3, 0.4) is 0 Å². The lowest BCUT2D eigenvalue weighted by Gasteiger charge is -1.96. The Morgan fingerprint density at radius 3 is 2.56 bits per heavy atom. The SMILES string of the molecule is Clc1ccc(-c2csc(SCc3nc(-c4ccccc4)no3)n2)cc1. The van der Waals surface area contributed by atoms with Crippen molar-refractivity contribution in [2.75, 3.05) is 0 Å². The average Bonchev–Trinajstić information content (AvgIpc) is 3.31. The van der Waals surface area contributed by atoms with Gasteiger partial charge in [0, 0.05) is 21.5 Å². The molecule has 4 nitrogen and oxygen atoms in total. The van der Waals surface area contributed by atoms with E-state index in [-0.39, 0.29) is 0 Å². The summed E-state index contributed by atoms with van der Waals surface area (Å²) in [5, 5.41) is 6.79. The summed E-state index contributed by atoms with van der Waals surface area (Å²) in [6.07, 6.45) is 0. The molecule has 0 atom stereocenters. The summed E-state index contributed by atoms with van der Waals surface area (Å²) in [5.41, 5.74) is 2.94. The maximum absolute atomic E-state index is 5.92. The van der Waals surface area contributed by atoms with Crippen molar-refractivity contribution in [2.24, 2.45) is 0 Å². The second kappa shape index (κ2) is 7.39. The van der Waals surface area contributed by atoms with E-state index in [4.69, 9.17) is 16.1 Å². The van der Waals surface area contributed by atoms with Crippen molar-refractivity contribution in [1.82, 2.24) is 15.1 Å². The van der Waals surface area contributed by atoms with Crippen molar-refractivity contribution in [2.45, 2.75) is 10.1 Å². The van der Waals surface area contributed by atoms with Gasteiger partial charge in [0.2, 0.25) is 11.7 Å². The molecule has 2 aromatic carbocycles. The minimum atomic E-state index is 0.590. The number of benzene rings is 2. The predicted molar refractivity (Wildman–Crippen MR) is 102 cm³/mol. The van der Waals surface area contributed by atoms with Crippen LogP contribution in [-0.4, -0.2) is 15.1 Å². The zero-order valence-electron chi connectivity index (χ0n) is 12.9. The molecular formula is C18H12ClN3OS2. The Bertz CT molecular complexity index is 967. The lowest BCUT2D eigenvalue weighted by Crippen LogP contribution is -1.83. The van der Waals surface area contributed by atoms with Gasteiger partial charge in [0.05, 0.1) is 11.4 Å². The highest BCUT2D eigenvalue weighted by atomic mass is 35.5. The van der Waals surface area contributed by atoms with E-state index in [9.17, 15) is 0 Å². The number of thioether (sulfide) groups is 1. The maximum Gasteiger partial charge on any atom is 0.237 e. The molecule has 0 saturated heterocycles. The van der Waals surface area contributed by atoms with E-state index in [0.717, 1.165) is 26.2 Å². The first-order valence-corrected chi connectivity index (χ1v) is 9.74. The monoisotopic (exact) mass is 385 g/mol. The lowest BCUT2D eigenvalue weighted by molar-refractivity contribution is 0.391. The molecule has 0 spiro atoms. The largest absolute Gasteiger partial charge is 0.338 e. The molecule has 0 aliphatic carbocycles. The summed E-state index contributed by atoms with van der Waals surface area (Å²) in [7, 11) is 0. The van der Waals surface area contributed by atoms with E-state index in [2.05, 4.69) is 15.1 Å². The van der Waals surface area contributed by atoms with Crippen molar-refractivity contribution in [1.29, 1.82) is 0 Å². The molecule has 4 aromatic rings. The number of hydrogen-bond acceptors (Lipinski definition) is 6. The van der Waals surface area contributed by atoms with Gasteiger partial charge in [-0.3, -0.25) is 0 Å². The van der Waals surface area contributed by atoms with Crippen molar-refractivity contribution in [3.8, 4) is 22.6 Å². The molecule has 0 amide bonds. The van der Waals surface area contributed by atoms with E-state index in [1.807, 2.05) is 60.0 Å². The Hall–Kier alpha value is -2.15. The van der Waals surface area contributed by atoms with Gasteiger partial charge in [-0.2, -0.15) is 4.98 Å². The van der Waals surface area contributed by atoms with Gasteiger partial charge in [-0.15, -0.1) is 11.3 Å². The van der Waals surface area contributed by atoms with E-state index in [1.165, 1.54) is 0 Å². The van der Waals surface area contributed by atoms with Crippen molar-refractivity contribution in [3.63, 3.8) is 0 Å². The maximum atomic E-state index is 5.92.